The molecule has 2 rings (SSSR count). The number of carbonyl (C=O) groups is 1. The van der Waals surface area contributed by atoms with Crippen LogP contribution in [0.5, 0.6) is 0 Å². The quantitative estimate of drug-likeness (QED) is 0.662. The first-order valence-electron chi connectivity index (χ1n) is 6.58. The first kappa shape index (κ1) is 14.3. The van der Waals surface area contributed by atoms with Crippen molar-refractivity contribution in [3.63, 3.8) is 0 Å². The molecule has 8 heteroatoms. The Bertz CT molecular complexity index is 540. The smallest absolute Gasteiger partial charge is 0.406 e. The average Bonchev–Trinajstić information content (AvgIpc) is 2.66. The van der Waals surface area contributed by atoms with Crippen molar-refractivity contribution in [2.45, 2.75) is 38.6 Å². The van der Waals surface area contributed by atoms with Gasteiger partial charge in [0.1, 0.15) is 0 Å². The summed E-state index contributed by atoms with van der Waals surface area (Å²) in [6, 6.07) is -0.213. The van der Waals surface area contributed by atoms with Crippen LogP contribution in [0.15, 0.2) is 0 Å². The number of carboxylic acids is 1. The Morgan fingerprint density at radius 1 is 1.55 bits per heavy atom. The lowest BCUT2D eigenvalue weighted by atomic mass is 9.99. The lowest BCUT2D eigenvalue weighted by Crippen LogP contribution is -2.42. The molecule has 1 aromatic heterocycles. The van der Waals surface area contributed by atoms with E-state index >= 15 is 0 Å². The molecule has 0 aromatic carbocycles. The van der Waals surface area contributed by atoms with E-state index in [9.17, 15) is 14.9 Å². The van der Waals surface area contributed by atoms with Gasteiger partial charge in [-0.2, -0.15) is 0 Å². The van der Waals surface area contributed by atoms with Gasteiger partial charge in [-0.25, -0.2) is 0 Å². The van der Waals surface area contributed by atoms with Gasteiger partial charge in [-0.1, -0.05) is 0 Å². The zero-order valence-electron chi connectivity index (χ0n) is 11.6. The van der Waals surface area contributed by atoms with Gasteiger partial charge in [0, 0.05) is 26.6 Å². The fraction of sp³-hybridized carbons (Fsp3) is 0.667. The molecule has 1 aromatic rings. The second-order valence-corrected chi connectivity index (χ2v) is 5.06. The summed E-state index contributed by atoms with van der Waals surface area (Å²) in [5, 5.41) is 20.1. The largest absolute Gasteiger partial charge is 0.481 e. The lowest BCUT2D eigenvalue weighted by molar-refractivity contribution is -0.388. The number of hydrogen-bond donors (Lipinski definition) is 1. The minimum atomic E-state index is -0.886. The molecule has 1 saturated heterocycles. The van der Waals surface area contributed by atoms with Gasteiger partial charge in [0.2, 0.25) is 11.6 Å². The minimum Gasteiger partial charge on any atom is -0.481 e. The van der Waals surface area contributed by atoms with Crippen LogP contribution >= 0.6 is 0 Å². The van der Waals surface area contributed by atoms with Gasteiger partial charge in [-0.3, -0.25) is 9.36 Å². The van der Waals surface area contributed by atoms with Crippen LogP contribution in [-0.4, -0.2) is 38.1 Å². The van der Waals surface area contributed by atoms with Crippen molar-refractivity contribution in [3.05, 3.63) is 15.9 Å². The topological polar surface area (TPSA) is 102 Å². The highest BCUT2D eigenvalue weighted by Gasteiger charge is 2.34. The van der Waals surface area contributed by atoms with E-state index < -0.39 is 10.9 Å². The van der Waals surface area contributed by atoms with Crippen LogP contribution in [0.25, 0.3) is 0 Å². The minimum absolute atomic E-state index is 0.0125. The molecule has 1 aliphatic rings. The van der Waals surface area contributed by atoms with E-state index in [-0.39, 0.29) is 18.3 Å². The number of nitrogens with zero attached hydrogens (tertiary/aromatic N) is 4. The summed E-state index contributed by atoms with van der Waals surface area (Å²) in [6.45, 7) is 2.32. The van der Waals surface area contributed by atoms with Crippen LogP contribution in [0.1, 0.15) is 31.5 Å². The predicted octanol–water partition coefficient (Wildman–Crippen LogP) is 1.47. The van der Waals surface area contributed by atoms with E-state index in [1.165, 1.54) is 0 Å². The molecule has 1 fully saturated rings. The molecular formula is C12H18N4O4. The lowest BCUT2D eigenvalue weighted by Gasteiger charge is -2.35. The fourth-order valence-corrected chi connectivity index (χ4v) is 2.72. The van der Waals surface area contributed by atoms with Crippen molar-refractivity contribution in [2.24, 2.45) is 7.05 Å². The number of carboxylic acid groups (broad SMARTS) is 1. The van der Waals surface area contributed by atoms with Crippen LogP contribution < -0.4 is 4.90 Å². The molecule has 0 spiro atoms. The van der Waals surface area contributed by atoms with Crippen LogP contribution in [0.3, 0.4) is 0 Å². The Morgan fingerprint density at radius 2 is 2.25 bits per heavy atom. The standard InChI is InChI=1S/C12H18N4O4/c1-8-13-11(16(19)20)12(14(8)2)15-6-4-3-5-9(15)7-10(17)18/h9H,3-7H2,1-2H3,(H,17,18). The Kier molecular flexibility index (Phi) is 3.91. The molecule has 20 heavy (non-hydrogen) atoms. The SMILES string of the molecule is Cc1nc([N+](=O)[O-])c(N2CCCCC2CC(=O)O)n1C. The molecule has 0 saturated carbocycles. The molecule has 0 radical (unpaired) electrons. The van der Waals surface area contributed by atoms with Crippen molar-refractivity contribution in [1.82, 2.24) is 9.55 Å². The van der Waals surface area contributed by atoms with E-state index in [0.29, 0.717) is 18.2 Å². The Balaban J connectivity index is 2.41. The first-order valence-corrected chi connectivity index (χ1v) is 6.58. The fourth-order valence-electron chi connectivity index (χ4n) is 2.72. The zero-order chi connectivity index (χ0) is 14.9. The molecule has 1 unspecified atom stereocenters. The van der Waals surface area contributed by atoms with Crippen LogP contribution in [0.4, 0.5) is 11.6 Å². The van der Waals surface area contributed by atoms with Crippen molar-refractivity contribution in [3.8, 4) is 0 Å². The molecule has 0 bridgehead atoms. The molecule has 1 atom stereocenters. The molecule has 1 N–H and O–H groups in total. The molecule has 1 aliphatic heterocycles. The summed E-state index contributed by atoms with van der Waals surface area (Å²) in [4.78, 5) is 27.4. The Morgan fingerprint density at radius 3 is 2.85 bits per heavy atom. The highest BCUT2D eigenvalue weighted by molar-refractivity contribution is 5.69. The molecule has 0 aliphatic carbocycles. The number of anilines is 1. The Labute approximate surface area is 116 Å². The third-order valence-electron chi connectivity index (χ3n) is 3.75. The molecular weight excluding hydrogens is 264 g/mol. The summed E-state index contributed by atoms with van der Waals surface area (Å²) in [5.74, 6) is -0.115. The number of aliphatic carboxylic acids is 1. The number of aryl methyl sites for hydroxylation is 1. The van der Waals surface area contributed by atoms with E-state index in [1.54, 1.807) is 18.5 Å². The third-order valence-corrected chi connectivity index (χ3v) is 3.75. The van der Waals surface area contributed by atoms with E-state index in [0.717, 1.165) is 19.3 Å². The van der Waals surface area contributed by atoms with Gasteiger partial charge in [-0.15, -0.1) is 0 Å². The van der Waals surface area contributed by atoms with Gasteiger partial charge in [0.25, 0.3) is 0 Å². The van der Waals surface area contributed by atoms with Crippen LogP contribution in [-0.2, 0) is 11.8 Å². The van der Waals surface area contributed by atoms with Gasteiger partial charge < -0.3 is 20.1 Å². The number of hydrogen-bond acceptors (Lipinski definition) is 5. The monoisotopic (exact) mass is 282 g/mol. The molecule has 110 valence electrons. The summed E-state index contributed by atoms with van der Waals surface area (Å²) in [5.41, 5.74) is 0. The average molecular weight is 282 g/mol. The van der Waals surface area contributed by atoms with E-state index in [1.807, 2.05) is 4.90 Å². The first-order chi connectivity index (χ1) is 9.41. The zero-order valence-corrected chi connectivity index (χ0v) is 11.6. The number of imidazole rings is 1. The number of aromatic nitrogens is 2. The summed E-state index contributed by atoms with van der Waals surface area (Å²) in [7, 11) is 1.72. The second-order valence-electron chi connectivity index (χ2n) is 5.06. The van der Waals surface area contributed by atoms with Gasteiger partial charge in [0.05, 0.1) is 6.42 Å². The maximum absolute atomic E-state index is 11.1. The third kappa shape index (κ3) is 2.59. The van der Waals surface area contributed by atoms with Crippen LogP contribution in [0, 0.1) is 17.0 Å². The molecule has 8 nitrogen and oxygen atoms in total. The highest BCUT2D eigenvalue weighted by Crippen LogP contribution is 2.33. The predicted molar refractivity (Wildman–Crippen MR) is 71.8 cm³/mol. The van der Waals surface area contributed by atoms with Crippen molar-refractivity contribution in [1.29, 1.82) is 0 Å². The molecule has 2 heterocycles. The van der Waals surface area contributed by atoms with Crippen molar-refractivity contribution >= 4 is 17.6 Å². The van der Waals surface area contributed by atoms with Crippen molar-refractivity contribution in [2.75, 3.05) is 11.4 Å². The summed E-state index contributed by atoms with van der Waals surface area (Å²) >= 11 is 0. The maximum atomic E-state index is 11.1. The van der Waals surface area contributed by atoms with E-state index in [2.05, 4.69) is 4.98 Å². The number of rotatable bonds is 4. The Hall–Kier alpha value is -2.12. The van der Waals surface area contributed by atoms with E-state index in [4.69, 9.17) is 5.11 Å². The second kappa shape index (κ2) is 5.48. The normalized spacial score (nSPS) is 19.1. The number of piperidine rings is 1. The number of nitro groups is 1. The summed E-state index contributed by atoms with van der Waals surface area (Å²) in [6.07, 6.45) is 2.56. The summed E-state index contributed by atoms with van der Waals surface area (Å²) < 4.78 is 1.66. The maximum Gasteiger partial charge on any atom is 0.406 e. The molecule has 0 amide bonds. The van der Waals surface area contributed by atoms with Crippen molar-refractivity contribution < 1.29 is 14.8 Å². The van der Waals surface area contributed by atoms with Gasteiger partial charge in [-0.05, 0) is 29.2 Å². The van der Waals surface area contributed by atoms with Crippen LogP contribution in [0.2, 0.25) is 0 Å². The van der Waals surface area contributed by atoms with Gasteiger partial charge in [0.15, 0.2) is 0 Å². The highest BCUT2D eigenvalue weighted by atomic mass is 16.6. The van der Waals surface area contributed by atoms with Gasteiger partial charge >= 0.3 is 11.8 Å².